The molecule has 0 aromatic heterocycles. The van der Waals surface area contributed by atoms with E-state index in [1.165, 1.54) is 36.1 Å². The number of halogens is 1. The second-order valence-corrected chi connectivity index (χ2v) is 5.58. The number of carbonyl (C=O) groups is 1. The first kappa shape index (κ1) is 12.0. The molecular formula is C9H10ClNO3S. The summed E-state index contributed by atoms with van der Waals surface area (Å²) < 4.78 is 21.9. The number of amides is 1. The smallest absolute Gasteiger partial charge is 0.261 e. The molecule has 0 radical (unpaired) electrons. The maximum absolute atomic E-state index is 11.0. The summed E-state index contributed by atoms with van der Waals surface area (Å²) in [4.78, 5) is 12.4. The minimum Gasteiger partial charge on any atom is -0.316 e. The van der Waals surface area contributed by atoms with Gasteiger partial charge in [0.15, 0.2) is 0 Å². The summed E-state index contributed by atoms with van der Waals surface area (Å²) >= 11 is 0. The van der Waals surface area contributed by atoms with Gasteiger partial charge in [0, 0.05) is 30.3 Å². The van der Waals surface area contributed by atoms with Gasteiger partial charge in [-0.2, -0.15) is 0 Å². The van der Waals surface area contributed by atoms with Crippen LogP contribution >= 0.6 is 10.7 Å². The molecule has 0 atom stereocenters. The van der Waals surface area contributed by atoms with Crippen LogP contribution in [0.25, 0.3) is 0 Å². The van der Waals surface area contributed by atoms with E-state index in [1.54, 1.807) is 7.05 Å². The molecule has 0 heterocycles. The van der Waals surface area contributed by atoms with Crippen LogP contribution in [0.5, 0.6) is 0 Å². The van der Waals surface area contributed by atoms with E-state index in [-0.39, 0.29) is 10.8 Å². The van der Waals surface area contributed by atoms with Crippen molar-refractivity contribution in [1.29, 1.82) is 0 Å². The molecule has 0 aliphatic rings. The van der Waals surface area contributed by atoms with Gasteiger partial charge in [-0.1, -0.05) is 0 Å². The zero-order valence-corrected chi connectivity index (χ0v) is 9.84. The first-order valence-electron chi connectivity index (χ1n) is 4.11. The first-order valence-corrected chi connectivity index (χ1v) is 6.42. The van der Waals surface area contributed by atoms with Gasteiger partial charge in [-0.15, -0.1) is 0 Å². The average molecular weight is 248 g/mol. The summed E-state index contributed by atoms with van der Waals surface area (Å²) in [5.74, 6) is -0.128. The molecule has 0 bridgehead atoms. The molecule has 1 rings (SSSR count). The third-order valence-electron chi connectivity index (χ3n) is 1.98. The summed E-state index contributed by atoms with van der Waals surface area (Å²) in [7, 11) is 3.05. The van der Waals surface area contributed by atoms with Gasteiger partial charge in [-0.25, -0.2) is 8.42 Å². The van der Waals surface area contributed by atoms with Gasteiger partial charge in [0.1, 0.15) is 0 Å². The highest BCUT2D eigenvalue weighted by atomic mass is 35.7. The van der Waals surface area contributed by atoms with Crippen LogP contribution in [0.15, 0.2) is 29.2 Å². The molecule has 0 spiro atoms. The van der Waals surface area contributed by atoms with Crippen molar-refractivity contribution in [3.63, 3.8) is 0 Å². The van der Waals surface area contributed by atoms with Crippen LogP contribution in [0.3, 0.4) is 0 Å². The Balaban J connectivity index is 3.06. The van der Waals surface area contributed by atoms with Crippen molar-refractivity contribution in [2.24, 2.45) is 0 Å². The van der Waals surface area contributed by atoms with E-state index in [1.807, 2.05) is 0 Å². The summed E-state index contributed by atoms with van der Waals surface area (Å²) in [5.41, 5.74) is 0.617. The molecule has 0 N–H and O–H groups in total. The summed E-state index contributed by atoms with van der Waals surface area (Å²) in [6, 6.07) is 5.77. The van der Waals surface area contributed by atoms with Gasteiger partial charge in [0.05, 0.1) is 4.90 Å². The van der Waals surface area contributed by atoms with Crippen LogP contribution < -0.4 is 4.90 Å². The number of rotatable bonds is 2. The average Bonchev–Trinajstić information content (AvgIpc) is 2.15. The molecule has 0 saturated carbocycles. The zero-order chi connectivity index (χ0) is 11.6. The quantitative estimate of drug-likeness (QED) is 0.746. The first-order chi connectivity index (χ1) is 6.82. The van der Waals surface area contributed by atoms with E-state index in [0.29, 0.717) is 5.69 Å². The highest BCUT2D eigenvalue weighted by Crippen LogP contribution is 2.19. The molecular weight excluding hydrogens is 238 g/mol. The Morgan fingerprint density at radius 2 is 1.73 bits per heavy atom. The number of anilines is 1. The predicted octanol–water partition coefficient (Wildman–Crippen LogP) is 1.60. The lowest BCUT2D eigenvalue weighted by molar-refractivity contribution is -0.116. The van der Waals surface area contributed by atoms with E-state index < -0.39 is 9.05 Å². The van der Waals surface area contributed by atoms with E-state index >= 15 is 0 Å². The van der Waals surface area contributed by atoms with E-state index in [0.717, 1.165) is 0 Å². The number of hydrogen-bond acceptors (Lipinski definition) is 3. The van der Waals surface area contributed by atoms with Crippen LogP contribution in [-0.4, -0.2) is 21.4 Å². The largest absolute Gasteiger partial charge is 0.316 e. The van der Waals surface area contributed by atoms with Crippen LogP contribution in [0.4, 0.5) is 5.69 Å². The molecule has 0 fully saturated rings. The van der Waals surface area contributed by atoms with Crippen molar-refractivity contribution in [2.75, 3.05) is 11.9 Å². The number of carbonyl (C=O) groups excluding carboxylic acids is 1. The third kappa shape index (κ3) is 2.94. The molecule has 6 heteroatoms. The number of benzene rings is 1. The third-order valence-corrected chi connectivity index (χ3v) is 3.35. The van der Waals surface area contributed by atoms with E-state index in [2.05, 4.69) is 0 Å². The topological polar surface area (TPSA) is 54.5 Å². The Kier molecular flexibility index (Phi) is 3.36. The Bertz CT molecular complexity index is 467. The molecule has 15 heavy (non-hydrogen) atoms. The van der Waals surface area contributed by atoms with Crippen molar-refractivity contribution in [3.05, 3.63) is 24.3 Å². The second-order valence-electron chi connectivity index (χ2n) is 3.01. The monoisotopic (exact) mass is 247 g/mol. The molecule has 0 aliphatic carbocycles. The van der Waals surface area contributed by atoms with Gasteiger partial charge in [-0.3, -0.25) is 4.79 Å². The number of nitrogens with zero attached hydrogens (tertiary/aromatic N) is 1. The van der Waals surface area contributed by atoms with Crippen LogP contribution in [0.1, 0.15) is 6.92 Å². The van der Waals surface area contributed by atoms with Gasteiger partial charge in [-0.05, 0) is 24.3 Å². The van der Waals surface area contributed by atoms with E-state index in [9.17, 15) is 13.2 Å². The van der Waals surface area contributed by atoms with Gasteiger partial charge >= 0.3 is 0 Å². The van der Waals surface area contributed by atoms with Crippen molar-refractivity contribution < 1.29 is 13.2 Å². The summed E-state index contributed by atoms with van der Waals surface area (Å²) in [5, 5.41) is 0. The fourth-order valence-electron chi connectivity index (χ4n) is 1.01. The van der Waals surface area contributed by atoms with Crippen molar-refractivity contribution >= 4 is 31.3 Å². The molecule has 0 aliphatic heterocycles. The summed E-state index contributed by atoms with van der Waals surface area (Å²) in [6.07, 6.45) is 0. The van der Waals surface area contributed by atoms with Crippen LogP contribution in [0, 0.1) is 0 Å². The minimum absolute atomic E-state index is 0.0184. The Labute approximate surface area is 92.9 Å². The minimum atomic E-state index is -3.70. The summed E-state index contributed by atoms with van der Waals surface area (Å²) in [6.45, 7) is 1.42. The Hall–Kier alpha value is -1.07. The second kappa shape index (κ2) is 4.20. The highest BCUT2D eigenvalue weighted by Gasteiger charge is 2.11. The maximum atomic E-state index is 11.0. The van der Waals surface area contributed by atoms with Crippen LogP contribution in [0.2, 0.25) is 0 Å². The van der Waals surface area contributed by atoms with Crippen LogP contribution in [-0.2, 0) is 13.8 Å². The SMILES string of the molecule is CC(=O)N(C)c1ccc(S(=O)(=O)Cl)cc1. The number of hydrogen-bond donors (Lipinski definition) is 0. The lowest BCUT2D eigenvalue weighted by atomic mass is 10.3. The normalized spacial score (nSPS) is 11.1. The Morgan fingerprint density at radius 1 is 1.27 bits per heavy atom. The zero-order valence-electron chi connectivity index (χ0n) is 8.27. The van der Waals surface area contributed by atoms with Gasteiger partial charge in [0.25, 0.3) is 9.05 Å². The van der Waals surface area contributed by atoms with Gasteiger partial charge in [0.2, 0.25) is 5.91 Å². The molecule has 4 nitrogen and oxygen atoms in total. The molecule has 1 amide bonds. The van der Waals surface area contributed by atoms with Crippen molar-refractivity contribution in [2.45, 2.75) is 11.8 Å². The Morgan fingerprint density at radius 3 is 2.07 bits per heavy atom. The molecule has 82 valence electrons. The lowest BCUT2D eigenvalue weighted by Gasteiger charge is -2.14. The fraction of sp³-hybridized carbons (Fsp3) is 0.222. The molecule has 1 aromatic rings. The highest BCUT2D eigenvalue weighted by molar-refractivity contribution is 8.13. The predicted molar refractivity (Wildman–Crippen MR) is 58.6 cm³/mol. The van der Waals surface area contributed by atoms with Crippen molar-refractivity contribution in [3.8, 4) is 0 Å². The maximum Gasteiger partial charge on any atom is 0.261 e. The fourth-order valence-corrected chi connectivity index (χ4v) is 1.78. The molecule has 0 unspecified atom stereocenters. The van der Waals surface area contributed by atoms with E-state index in [4.69, 9.17) is 10.7 Å². The molecule has 0 saturated heterocycles. The lowest BCUT2D eigenvalue weighted by Crippen LogP contribution is -2.22. The van der Waals surface area contributed by atoms with Gasteiger partial charge < -0.3 is 4.90 Å². The molecule has 1 aromatic carbocycles. The standard InChI is InChI=1S/C9H10ClNO3S/c1-7(12)11(2)8-3-5-9(6-4-8)15(10,13)14/h3-6H,1-2H3. The van der Waals surface area contributed by atoms with Crippen molar-refractivity contribution in [1.82, 2.24) is 0 Å².